The van der Waals surface area contributed by atoms with Crippen LogP contribution in [0.2, 0.25) is 0 Å². The van der Waals surface area contributed by atoms with Crippen LogP contribution in [0.15, 0.2) is 24.3 Å². The molecule has 0 amide bonds. The van der Waals surface area contributed by atoms with Crippen molar-refractivity contribution in [2.24, 2.45) is 5.92 Å². The molecule has 0 saturated carbocycles. The Morgan fingerprint density at radius 2 is 0.944 bits per heavy atom. The highest BCUT2D eigenvalue weighted by molar-refractivity contribution is 6.41. The lowest BCUT2D eigenvalue weighted by Gasteiger charge is -2.29. The first-order valence-corrected chi connectivity index (χ1v) is 12.5. The molecule has 0 aliphatic carbocycles. The van der Waals surface area contributed by atoms with Crippen LogP contribution in [0.3, 0.4) is 0 Å². The molecular formula is C30H38O6. The van der Waals surface area contributed by atoms with Gasteiger partial charge in [-0.2, -0.15) is 0 Å². The van der Waals surface area contributed by atoms with E-state index in [0.29, 0.717) is 24.0 Å². The second kappa shape index (κ2) is 12.1. The first kappa shape index (κ1) is 29.0. The van der Waals surface area contributed by atoms with Gasteiger partial charge in [-0.05, 0) is 87.8 Å². The number of esters is 2. The van der Waals surface area contributed by atoms with Gasteiger partial charge in [0.1, 0.15) is 12.2 Å². The van der Waals surface area contributed by atoms with Crippen LogP contribution in [0.5, 0.6) is 0 Å². The average Bonchev–Trinajstić information content (AvgIpc) is 2.86. The molecule has 0 spiro atoms. The zero-order valence-electron chi connectivity index (χ0n) is 22.9. The van der Waals surface area contributed by atoms with E-state index >= 15 is 0 Å². The van der Waals surface area contributed by atoms with Crippen LogP contribution in [0.4, 0.5) is 0 Å². The number of hydrogen-bond donors (Lipinski definition) is 0. The van der Waals surface area contributed by atoms with E-state index in [1.54, 1.807) is 19.1 Å². The SMILES string of the molecule is CCC(OC(=O)C(=O)c1ccc(C)c(C)c1C)C(C)C(CC)OC(=O)C(=O)c1ccc(C)c(C)c1C. The molecule has 0 radical (unpaired) electrons. The number of Topliss-reactive ketones (excluding diaryl/α,β-unsaturated/α-hetero) is 2. The molecule has 2 aromatic carbocycles. The largest absolute Gasteiger partial charge is 0.456 e. The van der Waals surface area contributed by atoms with Crippen molar-refractivity contribution >= 4 is 23.5 Å². The van der Waals surface area contributed by atoms with E-state index in [1.165, 1.54) is 0 Å². The van der Waals surface area contributed by atoms with E-state index in [4.69, 9.17) is 9.47 Å². The number of aryl methyl sites for hydroxylation is 2. The van der Waals surface area contributed by atoms with Crippen LogP contribution in [-0.2, 0) is 19.1 Å². The Hall–Kier alpha value is -3.28. The van der Waals surface area contributed by atoms with Gasteiger partial charge in [0.15, 0.2) is 0 Å². The molecule has 6 heteroatoms. The second-order valence-electron chi connectivity index (χ2n) is 9.58. The number of ether oxygens (including phenoxy) is 2. The Kier molecular flexibility index (Phi) is 9.74. The lowest BCUT2D eigenvalue weighted by atomic mass is 9.93. The molecule has 2 aromatic rings. The highest BCUT2D eigenvalue weighted by Gasteiger charge is 2.33. The molecule has 0 N–H and O–H groups in total. The van der Waals surface area contributed by atoms with Crippen molar-refractivity contribution in [3.05, 3.63) is 68.8 Å². The zero-order valence-corrected chi connectivity index (χ0v) is 22.9. The predicted molar refractivity (Wildman–Crippen MR) is 139 cm³/mol. The van der Waals surface area contributed by atoms with Crippen molar-refractivity contribution in [2.75, 3.05) is 0 Å². The Labute approximate surface area is 214 Å². The number of hydrogen-bond acceptors (Lipinski definition) is 6. The van der Waals surface area contributed by atoms with Gasteiger partial charge in [-0.15, -0.1) is 0 Å². The number of ketones is 2. The third-order valence-corrected chi connectivity index (χ3v) is 7.47. The van der Waals surface area contributed by atoms with Gasteiger partial charge in [-0.1, -0.05) is 45.0 Å². The number of carbonyl (C=O) groups excluding carboxylic acids is 4. The fourth-order valence-corrected chi connectivity index (χ4v) is 4.37. The number of carbonyl (C=O) groups is 4. The molecule has 36 heavy (non-hydrogen) atoms. The summed E-state index contributed by atoms with van der Waals surface area (Å²) in [5, 5.41) is 0. The van der Waals surface area contributed by atoms with Crippen molar-refractivity contribution < 1.29 is 28.7 Å². The Morgan fingerprint density at radius 3 is 1.25 bits per heavy atom. The van der Waals surface area contributed by atoms with Crippen molar-refractivity contribution in [2.45, 2.75) is 87.4 Å². The fourth-order valence-electron chi connectivity index (χ4n) is 4.37. The number of rotatable bonds is 10. The molecular weight excluding hydrogens is 456 g/mol. The summed E-state index contributed by atoms with van der Waals surface area (Å²) in [5.41, 5.74) is 6.12. The van der Waals surface area contributed by atoms with Crippen molar-refractivity contribution in [3.8, 4) is 0 Å². The van der Waals surface area contributed by atoms with Gasteiger partial charge < -0.3 is 9.47 Å². The third kappa shape index (κ3) is 6.10. The van der Waals surface area contributed by atoms with Crippen LogP contribution in [0.25, 0.3) is 0 Å². The van der Waals surface area contributed by atoms with Crippen LogP contribution < -0.4 is 0 Å². The molecule has 0 heterocycles. The summed E-state index contributed by atoms with van der Waals surface area (Å²) < 4.78 is 11.2. The summed E-state index contributed by atoms with van der Waals surface area (Å²) in [6.07, 6.45) is -0.483. The van der Waals surface area contributed by atoms with Crippen LogP contribution in [0, 0.1) is 47.5 Å². The van der Waals surface area contributed by atoms with Crippen molar-refractivity contribution in [1.82, 2.24) is 0 Å². The minimum absolute atomic E-state index is 0.318. The van der Waals surface area contributed by atoms with Gasteiger partial charge >= 0.3 is 11.9 Å². The quantitative estimate of drug-likeness (QED) is 0.233. The standard InChI is InChI=1S/C30H38O6/c1-10-25(35-29(33)27(31)23-14-12-16(3)18(5)20(23)7)22(9)26(11-2)36-30(34)28(32)24-15-13-17(4)19(6)21(24)8/h12-15,22,25-26H,10-11H2,1-9H3. The molecule has 6 nitrogen and oxygen atoms in total. The molecule has 0 fully saturated rings. The van der Waals surface area contributed by atoms with Crippen LogP contribution >= 0.6 is 0 Å². The maximum Gasteiger partial charge on any atom is 0.379 e. The van der Waals surface area contributed by atoms with E-state index in [-0.39, 0.29) is 0 Å². The first-order valence-electron chi connectivity index (χ1n) is 12.5. The van der Waals surface area contributed by atoms with Gasteiger partial charge in [-0.3, -0.25) is 9.59 Å². The minimum atomic E-state index is -0.942. The molecule has 0 bridgehead atoms. The van der Waals surface area contributed by atoms with E-state index < -0.39 is 41.6 Å². The summed E-state index contributed by atoms with van der Waals surface area (Å²) >= 11 is 0. The highest BCUT2D eigenvalue weighted by Crippen LogP contribution is 2.24. The predicted octanol–water partition coefficient (Wildman–Crippen LogP) is 5.88. The van der Waals surface area contributed by atoms with E-state index in [0.717, 1.165) is 33.4 Å². The summed E-state index contributed by atoms with van der Waals surface area (Å²) in [5.74, 6) is -3.71. The Bertz CT molecular complexity index is 1080. The minimum Gasteiger partial charge on any atom is -0.456 e. The molecule has 0 aliphatic rings. The normalized spacial score (nSPS) is 13.5. The molecule has 2 atom stereocenters. The van der Waals surface area contributed by atoms with Crippen molar-refractivity contribution in [1.29, 1.82) is 0 Å². The molecule has 2 unspecified atom stereocenters. The first-order chi connectivity index (χ1) is 16.8. The molecule has 0 saturated heterocycles. The van der Waals surface area contributed by atoms with Crippen LogP contribution in [-0.4, -0.2) is 35.7 Å². The third-order valence-electron chi connectivity index (χ3n) is 7.47. The van der Waals surface area contributed by atoms with Gasteiger partial charge in [0.05, 0.1) is 0 Å². The lowest BCUT2D eigenvalue weighted by molar-refractivity contribution is -0.155. The highest BCUT2D eigenvalue weighted by atomic mass is 16.6. The summed E-state index contributed by atoms with van der Waals surface area (Å²) in [4.78, 5) is 51.2. The maximum atomic E-state index is 12.8. The maximum absolute atomic E-state index is 12.8. The van der Waals surface area contributed by atoms with Gasteiger partial charge in [0.2, 0.25) is 0 Å². The Balaban J connectivity index is 2.15. The van der Waals surface area contributed by atoms with Crippen molar-refractivity contribution in [3.63, 3.8) is 0 Å². The average molecular weight is 495 g/mol. The molecule has 0 aliphatic heterocycles. The molecule has 194 valence electrons. The van der Waals surface area contributed by atoms with E-state index in [2.05, 4.69) is 0 Å². The topological polar surface area (TPSA) is 86.7 Å². The molecule has 2 rings (SSSR count). The van der Waals surface area contributed by atoms with Crippen LogP contribution in [0.1, 0.15) is 87.7 Å². The van der Waals surface area contributed by atoms with Gasteiger partial charge in [0, 0.05) is 17.0 Å². The summed E-state index contributed by atoms with van der Waals surface area (Å²) in [6.45, 7) is 16.8. The Morgan fingerprint density at radius 1 is 0.611 bits per heavy atom. The molecule has 0 aromatic heterocycles. The van der Waals surface area contributed by atoms with Gasteiger partial charge in [-0.25, -0.2) is 9.59 Å². The lowest BCUT2D eigenvalue weighted by Crippen LogP contribution is -2.38. The van der Waals surface area contributed by atoms with E-state index in [1.807, 2.05) is 67.5 Å². The van der Waals surface area contributed by atoms with Gasteiger partial charge in [0.25, 0.3) is 11.6 Å². The zero-order chi connectivity index (χ0) is 27.3. The monoisotopic (exact) mass is 494 g/mol. The number of benzene rings is 2. The van der Waals surface area contributed by atoms with E-state index in [9.17, 15) is 19.2 Å². The second-order valence-corrected chi connectivity index (χ2v) is 9.58. The fraction of sp³-hybridized carbons (Fsp3) is 0.467. The smallest absolute Gasteiger partial charge is 0.379 e. The summed E-state index contributed by atoms with van der Waals surface area (Å²) in [6, 6.07) is 6.90. The summed E-state index contributed by atoms with van der Waals surface area (Å²) in [7, 11) is 0.